The first kappa shape index (κ1) is 20.0. The van der Waals surface area contributed by atoms with Gasteiger partial charge in [0.05, 0.1) is 18.6 Å². The monoisotopic (exact) mass is 389 g/mol. The maximum absolute atomic E-state index is 11.2. The number of methoxy groups -OCH3 is 2. The Labute approximate surface area is 168 Å². The molecule has 0 bridgehead atoms. The van der Waals surface area contributed by atoms with Crippen LogP contribution < -0.4 is 14.8 Å². The van der Waals surface area contributed by atoms with E-state index in [-0.39, 0.29) is 29.0 Å². The third kappa shape index (κ3) is 2.55. The van der Waals surface area contributed by atoms with Crippen LogP contribution in [0.5, 0.6) is 11.5 Å². The van der Waals surface area contributed by atoms with Crippen molar-refractivity contribution in [3.05, 3.63) is 23.3 Å². The number of rotatable bonds is 3. The van der Waals surface area contributed by atoms with Gasteiger partial charge in [-0.25, -0.2) is 0 Å². The topological polar surface area (TPSA) is 60.0 Å². The summed E-state index contributed by atoms with van der Waals surface area (Å²) in [6.45, 7) is 11.6. The Morgan fingerprint density at radius 3 is 2.61 bits per heavy atom. The second kappa shape index (κ2) is 6.61. The second-order valence-corrected chi connectivity index (χ2v) is 10.1. The van der Waals surface area contributed by atoms with Crippen LogP contribution in [-0.2, 0) is 10.2 Å². The lowest BCUT2D eigenvalue weighted by atomic mass is 9.56. The van der Waals surface area contributed by atoms with Crippen LogP contribution in [-0.4, -0.2) is 50.2 Å². The first-order chi connectivity index (χ1) is 13.2. The van der Waals surface area contributed by atoms with E-state index in [4.69, 9.17) is 14.2 Å². The smallest absolute Gasteiger partial charge is 0.165 e. The summed E-state index contributed by atoms with van der Waals surface area (Å²) < 4.78 is 18.4. The zero-order chi connectivity index (χ0) is 20.4. The van der Waals surface area contributed by atoms with Crippen LogP contribution in [0.2, 0.25) is 0 Å². The lowest BCUT2D eigenvalue weighted by Gasteiger charge is -2.51. The minimum atomic E-state index is -0.460. The first-order valence-corrected chi connectivity index (χ1v) is 10.5. The van der Waals surface area contributed by atoms with Crippen LogP contribution in [0.3, 0.4) is 0 Å². The molecule has 4 unspecified atom stereocenters. The highest BCUT2D eigenvalue weighted by molar-refractivity contribution is 5.59. The van der Waals surface area contributed by atoms with E-state index in [1.165, 1.54) is 11.1 Å². The number of aliphatic hydroxyl groups excluding tert-OH is 1. The van der Waals surface area contributed by atoms with Gasteiger partial charge in [-0.15, -0.1) is 0 Å². The molecule has 2 N–H and O–H groups in total. The zero-order valence-electron chi connectivity index (χ0n) is 18.2. The van der Waals surface area contributed by atoms with E-state index in [0.29, 0.717) is 12.0 Å². The lowest BCUT2D eigenvalue weighted by molar-refractivity contribution is -0.143. The maximum Gasteiger partial charge on any atom is 0.165 e. The molecule has 5 heteroatoms. The number of hydrogen-bond acceptors (Lipinski definition) is 5. The third-order valence-electron chi connectivity index (χ3n) is 7.56. The molecule has 1 saturated carbocycles. The van der Waals surface area contributed by atoms with Gasteiger partial charge >= 0.3 is 0 Å². The normalized spacial score (nSPS) is 37.6. The number of nitrogens with one attached hydrogen (secondary N) is 1. The van der Waals surface area contributed by atoms with E-state index in [1.54, 1.807) is 14.2 Å². The quantitative estimate of drug-likeness (QED) is 0.832. The standard InChI is InChI=1S/C23H35NO4/c1-12-8-9-16(26-6)19-17(12)23-11-24-13(2)15(23)10-14(20(25)22(3,4)5)18(27-7)21(23)28-19/h8-9,13-15,18,20-21,24-25H,10-11H2,1-7H3/t13?,14-,15?,18?,20?,21-,23-/m0/s1. The molecule has 1 aromatic rings. The summed E-state index contributed by atoms with van der Waals surface area (Å²) in [5.41, 5.74) is 2.14. The van der Waals surface area contributed by atoms with E-state index in [1.807, 2.05) is 6.07 Å². The van der Waals surface area contributed by atoms with Crippen molar-refractivity contribution in [3.8, 4) is 11.5 Å². The van der Waals surface area contributed by atoms with Crippen LogP contribution in [0.25, 0.3) is 0 Å². The molecule has 2 heterocycles. The number of aryl methyl sites for hydroxylation is 1. The van der Waals surface area contributed by atoms with Gasteiger partial charge in [0.1, 0.15) is 12.2 Å². The van der Waals surface area contributed by atoms with Gasteiger partial charge in [0.2, 0.25) is 0 Å². The largest absolute Gasteiger partial charge is 0.493 e. The first-order valence-electron chi connectivity index (χ1n) is 10.5. The molecule has 3 aliphatic rings. The predicted molar refractivity (Wildman–Crippen MR) is 109 cm³/mol. The SMILES string of the molecule is COc1ccc(C)c2c1O[C@H]1C(OC)[C@@H](C(O)C(C)(C)C)CC3C(C)NC[C@@]231. The van der Waals surface area contributed by atoms with E-state index in [0.717, 1.165) is 24.5 Å². The predicted octanol–water partition coefficient (Wildman–Crippen LogP) is 3.05. The fraction of sp³-hybridized carbons (Fsp3) is 0.739. The second-order valence-electron chi connectivity index (χ2n) is 10.1. The molecule has 0 radical (unpaired) electrons. The van der Waals surface area contributed by atoms with Crippen LogP contribution in [0.15, 0.2) is 12.1 Å². The summed E-state index contributed by atoms with van der Waals surface area (Å²) in [4.78, 5) is 0. The van der Waals surface area contributed by atoms with E-state index < -0.39 is 6.10 Å². The highest BCUT2D eigenvalue weighted by Gasteiger charge is 2.67. The van der Waals surface area contributed by atoms with Crippen molar-refractivity contribution in [2.24, 2.45) is 17.3 Å². The molecule has 2 aliphatic heterocycles. The van der Waals surface area contributed by atoms with Crippen molar-refractivity contribution < 1.29 is 19.3 Å². The van der Waals surface area contributed by atoms with Crippen molar-refractivity contribution in [2.75, 3.05) is 20.8 Å². The lowest BCUT2D eigenvalue weighted by Crippen LogP contribution is -2.62. The number of hydrogen-bond donors (Lipinski definition) is 2. The number of benzene rings is 1. The van der Waals surface area contributed by atoms with Crippen molar-refractivity contribution in [3.63, 3.8) is 0 Å². The van der Waals surface area contributed by atoms with Crippen LogP contribution in [0.1, 0.15) is 45.2 Å². The minimum Gasteiger partial charge on any atom is -0.493 e. The van der Waals surface area contributed by atoms with Gasteiger partial charge in [-0.1, -0.05) is 26.8 Å². The van der Waals surface area contributed by atoms with E-state index in [9.17, 15) is 5.11 Å². The fourth-order valence-corrected chi connectivity index (χ4v) is 6.20. The third-order valence-corrected chi connectivity index (χ3v) is 7.56. The molecule has 5 nitrogen and oxygen atoms in total. The zero-order valence-corrected chi connectivity index (χ0v) is 18.2. The van der Waals surface area contributed by atoms with Gasteiger partial charge in [0.25, 0.3) is 0 Å². The Morgan fingerprint density at radius 2 is 2.00 bits per heavy atom. The molecule has 0 amide bonds. The van der Waals surface area contributed by atoms with E-state index in [2.05, 4.69) is 46.0 Å². The van der Waals surface area contributed by atoms with Crippen molar-refractivity contribution >= 4 is 0 Å². The average Bonchev–Trinajstić information content (AvgIpc) is 3.16. The Balaban J connectivity index is 1.87. The van der Waals surface area contributed by atoms with Gasteiger partial charge in [-0.3, -0.25) is 0 Å². The molecule has 1 aliphatic carbocycles. The van der Waals surface area contributed by atoms with Crippen LogP contribution in [0.4, 0.5) is 0 Å². The van der Waals surface area contributed by atoms with E-state index >= 15 is 0 Å². The Kier molecular flexibility index (Phi) is 4.72. The molecule has 1 aromatic carbocycles. The molecule has 0 aromatic heterocycles. The molecule has 28 heavy (non-hydrogen) atoms. The summed E-state index contributed by atoms with van der Waals surface area (Å²) in [5, 5.41) is 14.9. The van der Waals surface area contributed by atoms with Gasteiger partial charge in [-0.05, 0) is 43.2 Å². The Morgan fingerprint density at radius 1 is 1.29 bits per heavy atom. The number of fused-ring (bicyclic) bond motifs is 1. The molecular formula is C23H35NO4. The summed E-state index contributed by atoms with van der Waals surface area (Å²) in [7, 11) is 3.45. The summed E-state index contributed by atoms with van der Waals surface area (Å²) in [5.74, 6) is 2.04. The van der Waals surface area contributed by atoms with Gasteiger partial charge in [-0.2, -0.15) is 0 Å². The Hall–Kier alpha value is -1.30. The van der Waals surface area contributed by atoms with Gasteiger partial charge in [0.15, 0.2) is 11.5 Å². The summed E-state index contributed by atoms with van der Waals surface area (Å²) in [6.07, 6.45) is 0.148. The Bertz CT molecular complexity index is 758. The maximum atomic E-state index is 11.2. The molecular weight excluding hydrogens is 354 g/mol. The minimum absolute atomic E-state index is 0.0242. The van der Waals surface area contributed by atoms with Crippen molar-refractivity contribution in [2.45, 2.75) is 70.8 Å². The van der Waals surface area contributed by atoms with Gasteiger partial charge < -0.3 is 24.6 Å². The summed E-state index contributed by atoms with van der Waals surface area (Å²) in [6, 6.07) is 4.48. The molecule has 156 valence electrons. The van der Waals surface area contributed by atoms with Crippen LogP contribution in [0, 0.1) is 24.2 Å². The highest BCUT2D eigenvalue weighted by Crippen LogP contribution is 2.61. The highest BCUT2D eigenvalue weighted by atomic mass is 16.6. The van der Waals surface area contributed by atoms with Gasteiger partial charge in [0, 0.05) is 31.2 Å². The van der Waals surface area contributed by atoms with Crippen molar-refractivity contribution in [1.29, 1.82) is 0 Å². The number of aliphatic hydroxyl groups is 1. The van der Waals surface area contributed by atoms with Crippen LogP contribution >= 0.6 is 0 Å². The molecule has 1 spiro atoms. The molecule has 7 atom stereocenters. The fourth-order valence-electron chi connectivity index (χ4n) is 6.20. The van der Waals surface area contributed by atoms with Crippen molar-refractivity contribution in [1.82, 2.24) is 5.32 Å². The molecule has 4 rings (SSSR count). The average molecular weight is 390 g/mol. The number of ether oxygens (including phenoxy) is 3. The molecule has 1 saturated heterocycles. The summed E-state index contributed by atoms with van der Waals surface area (Å²) >= 11 is 0. The molecule has 2 fully saturated rings.